The third-order valence-electron chi connectivity index (χ3n) is 5.19. The molecule has 2 saturated heterocycles. The second kappa shape index (κ2) is 6.31. The van der Waals surface area contributed by atoms with Crippen LogP contribution in [-0.4, -0.2) is 17.9 Å². The summed E-state index contributed by atoms with van der Waals surface area (Å²) in [5.74, 6) is 1.29. The van der Waals surface area contributed by atoms with Gasteiger partial charge in [0.2, 0.25) is 0 Å². The van der Waals surface area contributed by atoms with Gasteiger partial charge in [-0.05, 0) is 42.7 Å². The molecule has 0 aliphatic carbocycles. The zero-order valence-corrected chi connectivity index (χ0v) is 13.3. The molecule has 0 saturated carbocycles. The van der Waals surface area contributed by atoms with Crippen molar-refractivity contribution < 1.29 is 4.79 Å². The van der Waals surface area contributed by atoms with Crippen LogP contribution in [0.15, 0.2) is 24.3 Å². The fourth-order valence-electron chi connectivity index (χ4n) is 3.89. The van der Waals surface area contributed by atoms with Crippen molar-refractivity contribution in [3.05, 3.63) is 35.4 Å². The number of nitrogens with one attached hydrogen (secondary N) is 1. The highest BCUT2D eigenvalue weighted by Gasteiger charge is 2.34. The molecule has 0 amide bonds. The second-order valence-corrected chi connectivity index (χ2v) is 7.20. The average Bonchev–Trinajstić information content (AvgIpc) is 2.47. The maximum atomic E-state index is 12.6. The van der Waals surface area contributed by atoms with Gasteiger partial charge in [0.15, 0.2) is 0 Å². The van der Waals surface area contributed by atoms with E-state index in [1.165, 1.54) is 30.4 Å². The number of carbonyl (C=O) groups is 1. The summed E-state index contributed by atoms with van der Waals surface area (Å²) < 4.78 is 0. The van der Waals surface area contributed by atoms with Gasteiger partial charge in [-0.3, -0.25) is 4.79 Å². The average molecular weight is 285 g/mol. The first-order valence-corrected chi connectivity index (χ1v) is 8.49. The maximum absolute atomic E-state index is 12.6. The lowest BCUT2D eigenvalue weighted by atomic mass is 9.77. The van der Waals surface area contributed by atoms with E-state index >= 15 is 0 Å². The number of rotatable bonds is 4. The van der Waals surface area contributed by atoms with Gasteiger partial charge in [0.05, 0.1) is 0 Å². The van der Waals surface area contributed by atoms with Gasteiger partial charge >= 0.3 is 0 Å². The molecule has 3 rings (SSSR count). The quantitative estimate of drug-likeness (QED) is 0.910. The van der Waals surface area contributed by atoms with E-state index in [1.54, 1.807) is 0 Å². The Balaban J connectivity index is 1.60. The summed E-state index contributed by atoms with van der Waals surface area (Å²) in [6, 6.07) is 9.80. The fourth-order valence-corrected chi connectivity index (χ4v) is 3.89. The first-order chi connectivity index (χ1) is 10.1. The molecule has 0 radical (unpaired) electrons. The van der Waals surface area contributed by atoms with Crippen LogP contribution in [0.1, 0.15) is 63.0 Å². The van der Waals surface area contributed by atoms with Gasteiger partial charge in [0, 0.05) is 24.4 Å². The van der Waals surface area contributed by atoms with Crippen molar-refractivity contribution in [2.45, 2.75) is 70.4 Å². The first-order valence-electron chi connectivity index (χ1n) is 8.49. The van der Waals surface area contributed by atoms with Crippen molar-refractivity contribution in [3.8, 4) is 0 Å². The van der Waals surface area contributed by atoms with Crippen LogP contribution in [0.25, 0.3) is 0 Å². The third kappa shape index (κ3) is 3.55. The van der Waals surface area contributed by atoms with E-state index in [2.05, 4.69) is 43.4 Å². The summed E-state index contributed by atoms with van der Waals surface area (Å²) >= 11 is 0. The van der Waals surface area contributed by atoms with Crippen LogP contribution in [0.5, 0.6) is 0 Å². The molecule has 2 aliphatic rings. The van der Waals surface area contributed by atoms with Crippen LogP contribution < -0.4 is 5.32 Å². The SMILES string of the molecule is CC(C)c1ccc(CC(=O)C2CC3CCCC(C2)N3)cc1. The van der Waals surface area contributed by atoms with Gasteiger partial charge in [-0.25, -0.2) is 0 Å². The number of fused-ring (bicyclic) bond motifs is 2. The van der Waals surface area contributed by atoms with Gasteiger partial charge in [-0.15, -0.1) is 0 Å². The van der Waals surface area contributed by atoms with E-state index in [0.717, 1.165) is 12.8 Å². The summed E-state index contributed by atoms with van der Waals surface area (Å²) in [5.41, 5.74) is 2.52. The molecule has 2 heterocycles. The fraction of sp³-hybridized carbons (Fsp3) is 0.632. The molecular weight excluding hydrogens is 258 g/mol. The smallest absolute Gasteiger partial charge is 0.140 e. The predicted octanol–water partition coefficient (Wildman–Crippen LogP) is 3.84. The molecule has 2 atom stereocenters. The van der Waals surface area contributed by atoms with E-state index in [-0.39, 0.29) is 5.92 Å². The van der Waals surface area contributed by atoms with Crippen LogP contribution in [0.2, 0.25) is 0 Å². The molecule has 1 aromatic carbocycles. The summed E-state index contributed by atoms with van der Waals surface area (Å²) in [6.45, 7) is 4.40. The number of piperidine rings is 2. The predicted molar refractivity (Wildman–Crippen MR) is 86.5 cm³/mol. The van der Waals surface area contributed by atoms with Crippen molar-refractivity contribution in [2.24, 2.45) is 5.92 Å². The highest BCUT2D eigenvalue weighted by Crippen LogP contribution is 2.31. The number of carbonyl (C=O) groups excluding carboxylic acids is 1. The Morgan fingerprint density at radius 3 is 2.33 bits per heavy atom. The highest BCUT2D eigenvalue weighted by atomic mass is 16.1. The Morgan fingerprint density at radius 2 is 1.76 bits per heavy atom. The lowest BCUT2D eigenvalue weighted by molar-refractivity contribution is -0.124. The van der Waals surface area contributed by atoms with Crippen molar-refractivity contribution in [1.82, 2.24) is 5.32 Å². The van der Waals surface area contributed by atoms with Crippen LogP contribution in [-0.2, 0) is 11.2 Å². The molecule has 2 unspecified atom stereocenters. The van der Waals surface area contributed by atoms with Gasteiger partial charge in [-0.2, -0.15) is 0 Å². The van der Waals surface area contributed by atoms with Crippen molar-refractivity contribution in [2.75, 3.05) is 0 Å². The van der Waals surface area contributed by atoms with Gasteiger partial charge in [-0.1, -0.05) is 44.5 Å². The van der Waals surface area contributed by atoms with E-state index in [1.807, 2.05) is 0 Å². The molecule has 2 fully saturated rings. The molecule has 1 N–H and O–H groups in total. The Morgan fingerprint density at radius 1 is 1.14 bits per heavy atom. The van der Waals surface area contributed by atoms with Gasteiger partial charge < -0.3 is 5.32 Å². The minimum absolute atomic E-state index is 0.284. The summed E-state index contributed by atoms with van der Waals surface area (Å²) in [6.07, 6.45) is 6.56. The Labute approximate surface area is 128 Å². The first kappa shape index (κ1) is 14.8. The molecular formula is C19H27NO. The minimum Gasteiger partial charge on any atom is -0.311 e. The highest BCUT2D eigenvalue weighted by molar-refractivity contribution is 5.83. The molecule has 0 aromatic heterocycles. The lowest BCUT2D eigenvalue weighted by Gasteiger charge is -2.39. The molecule has 2 heteroatoms. The van der Waals surface area contributed by atoms with E-state index in [0.29, 0.717) is 30.2 Å². The normalized spacial score (nSPS) is 28.6. The molecule has 114 valence electrons. The monoisotopic (exact) mass is 285 g/mol. The lowest BCUT2D eigenvalue weighted by Crippen LogP contribution is -2.50. The van der Waals surface area contributed by atoms with E-state index in [4.69, 9.17) is 0 Å². The topological polar surface area (TPSA) is 29.1 Å². The largest absolute Gasteiger partial charge is 0.311 e. The van der Waals surface area contributed by atoms with Crippen LogP contribution >= 0.6 is 0 Å². The van der Waals surface area contributed by atoms with Gasteiger partial charge in [0.1, 0.15) is 5.78 Å². The zero-order chi connectivity index (χ0) is 14.8. The van der Waals surface area contributed by atoms with Crippen molar-refractivity contribution >= 4 is 5.78 Å². The Hall–Kier alpha value is -1.15. The third-order valence-corrected chi connectivity index (χ3v) is 5.19. The number of ketones is 1. The molecule has 1 aromatic rings. The molecule has 0 spiro atoms. The number of benzene rings is 1. The van der Waals surface area contributed by atoms with Gasteiger partial charge in [0.25, 0.3) is 0 Å². The number of Topliss-reactive ketones (excluding diaryl/α,β-unsaturated/α-hetero) is 1. The molecule has 2 nitrogen and oxygen atoms in total. The second-order valence-electron chi connectivity index (χ2n) is 7.20. The summed E-state index contributed by atoms with van der Waals surface area (Å²) in [7, 11) is 0. The standard InChI is InChI=1S/C19H27NO/c1-13(2)15-8-6-14(7-9-15)10-19(21)16-11-17-4-3-5-18(12-16)20-17/h6-9,13,16-18,20H,3-5,10-12H2,1-2H3. The number of hydrogen-bond donors (Lipinski definition) is 1. The maximum Gasteiger partial charge on any atom is 0.140 e. The van der Waals surface area contributed by atoms with E-state index in [9.17, 15) is 4.79 Å². The molecule has 2 aliphatic heterocycles. The number of hydrogen-bond acceptors (Lipinski definition) is 2. The van der Waals surface area contributed by atoms with Crippen LogP contribution in [0.3, 0.4) is 0 Å². The Bertz CT molecular complexity index is 479. The minimum atomic E-state index is 0.284. The molecule has 21 heavy (non-hydrogen) atoms. The Kier molecular flexibility index (Phi) is 4.44. The van der Waals surface area contributed by atoms with Crippen molar-refractivity contribution in [1.29, 1.82) is 0 Å². The van der Waals surface area contributed by atoms with E-state index < -0.39 is 0 Å². The zero-order valence-electron chi connectivity index (χ0n) is 13.3. The summed E-state index contributed by atoms with van der Waals surface area (Å²) in [5, 5.41) is 3.67. The molecule has 2 bridgehead atoms. The van der Waals surface area contributed by atoms with Crippen LogP contribution in [0.4, 0.5) is 0 Å². The van der Waals surface area contributed by atoms with Crippen LogP contribution in [0, 0.1) is 5.92 Å². The van der Waals surface area contributed by atoms with Crippen molar-refractivity contribution in [3.63, 3.8) is 0 Å². The summed E-state index contributed by atoms with van der Waals surface area (Å²) in [4.78, 5) is 12.6.